The van der Waals surface area contributed by atoms with E-state index in [1.165, 1.54) is 29.7 Å². The van der Waals surface area contributed by atoms with E-state index < -0.39 is 0 Å². The Morgan fingerprint density at radius 2 is 1.95 bits per heavy atom. The second-order valence-corrected chi connectivity index (χ2v) is 6.71. The summed E-state index contributed by atoms with van der Waals surface area (Å²) < 4.78 is 0. The summed E-state index contributed by atoms with van der Waals surface area (Å²) in [4.78, 5) is 2.34. The average Bonchev–Trinajstić information content (AvgIpc) is 2.87. The van der Waals surface area contributed by atoms with Crippen molar-refractivity contribution in [3.8, 4) is 0 Å². The lowest BCUT2D eigenvalue weighted by atomic mass is 9.85. The van der Waals surface area contributed by atoms with Crippen LogP contribution in [-0.2, 0) is 0 Å². The molecule has 1 aromatic carbocycles. The Kier molecular flexibility index (Phi) is 5.28. The highest BCUT2D eigenvalue weighted by Crippen LogP contribution is 2.37. The Balaban J connectivity index is 1.99. The van der Waals surface area contributed by atoms with Gasteiger partial charge in [-0.15, -0.1) is 0 Å². The third kappa shape index (κ3) is 3.58. The van der Waals surface area contributed by atoms with Crippen molar-refractivity contribution in [2.45, 2.75) is 45.1 Å². The van der Waals surface area contributed by atoms with Crippen LogP contribution < -0.4 is 10.2 Å². The number of aliphatic hydroxyl groups is 1. The number of hydrogen-bond acceptors (Lipinski definition) is 3. The molecule has 0 aromatic heterocycles. The van der Waals surface area contributed by atoms with Crippen LogP contribution in [0.4, 0.5) is 5.69 Å². The standard InChI is InChI=1S/C18H30N2O/c1-14-10-15(2)12-17(11-14)20(4)9-7-16-6-5-8-18(16,13-21)19-3/h10-12,16,19,21H,5-9,13H2,1-4H3. The topological polar surface area (TPSA) is 35.5 Å². The number of benzene rings is 1. The summed E-state index contributed by atoms with van der Waals surface area (Å²) in [5, 5.41) is 13.2. The Bertz CT molecular complexity index is 448. The predicted molar refractivity (Wildman–Crippen MR) is 90.0 cm³/mol. The lowest BCUT2D eigenvalue weighted by Crippen LogP contribution is -2.50. The van der Waals surface area contributed by atoms with Crippen LogP contribution in [0.2, 0.25) is 0 Å². The van der Waals surface area contributed by atoms with E-state index in [0.29, 0.717) is 5.92 Å². The molecule has 0 bridgehead atoms. The van der Waals surface area contributed by atoms with Gasteiger partial charge in [-0.3, -0.25) is 0 Å². The predicted octanol–water partition coefficient (Wildman–Crippen LogP) is 2.88. The van der Waals surface area contributed by atoms with Crippen LogP contribution in [0.15, 0.2) is 18.2 Å². The van der Waals surface area contributed by atoms with E-state index in [0.717, 1.165) is 19.4 Å². The third-order valence-corrected chi connectivity index (χ3v) is 5.20. The number of aliphatic hydroxyl groups excluding tert-OH is 1. The zero-order valence-corrected chi connectivity index (χ0v) is 13.9. The number of likely N-dealkylation sites (N-methyl/N-ethyl adjacent to an activating group) is 1. The van der Waals surface area contributed by atoms with E-state index in [1.807, 2.05) is 7.05 Å². The largest absolute Gasteiger partial charge is 0.394 e. The molecular formula is C18H30N2O. The van der Waals surface area contributed by atoms with Crippen molar-refractivity contribution in [1.29, 1.82) is 0 Å². The van der Waals surface area contributed by atoms with E-state index in [-0.39, 0.29) is 12.1 Å². The van der Waals surface area contributed by atoms with Gasteiger partial charge in [0.2, 0.25) is 0 Å². The zero-order valence-electron chi connectivity index (χ0n) is 13.9. The van der Waals surface area contributed by atoms with Gasteiger partial charge in [0.25, 0.3) is 0 Å². The molecule has 118 valence electrons. The summed E-state index contributed by atoms with van der Waals surface area (Å²) in [6.07, 6.45) is 4.67. The summed E-state index contributed by atoms with van der Waals surface area (Å²) in [5.74, 6) is 0.570. The van der Waals surface area contributed by atoms with Crippen molar-refractivity contribution in [3.63, 3.8) is 0 Å². The van der Waals surface area contributed by atoms with Gasteiger partial charge in [0.05, 0.1) is 6.61 Å². The number of nitrogens with zero attached hydrogens (tertiary/aromatic N) is 1. The van der Waals surface area contributed by atoms with Gasteiger partial charge in [-0.05, 0) is 69.3 Å². The summed E-state index contributed by atoms with van der Waals surface area (Å²) in [6.45, 7) is 5.59. The van der Waals surface area contributed by atoms with E-state index in [1.54, 1.807) is 0 Å². The van der Waals surface area contributed by atoms with Gasteiger partial charge >= 0.3 is 0 Å². The first kappa shape index (κ1) is 16.3. The van der Waals surface area contributed by atoms with Crippen molar-refractivity contribution in [1.82, 2.24) is 5.32 Å². The van der Waals surface area contributed by atoms with Crippen molar-refractivity contribution in [2.24, 2.45) is 5.92 Å². The van der Waals surface area contributed by atoms with Gasteiger partial charge in [0.15, 0.2) is 0 Å². The van der Waals surface area contributed by atoms with Crippen LogP contribution in [0.3, 0.4) is 0 Å². The summed E-state index contributed by atoms with van der Waals surface area (Å²) in [7, 11) is 4.16. The maximum absolute atomic E-state index is 9.77. The highest BCUT2D eigenvalue weighted by atomic mass is 16.3. The van der Waals surface area contributed by atoms with E-state index in [9.17, 15) is 5.11 Å². The number of nitrogens with one attached hydrogen (secondary N) is 1. The van der Waals surface area contributed by atoms with E-state index in [2.05, 4.69) is 49.3 Å². The first-order chi connectivity index (χ1) is 10.0. The Morgan fingerprint density at radius 3 is 2.52 bits per heavy atom. The molecular weight excluding hydrogens is 260 g/mol. The maximum Gasteiger partial charge on any atom is 0.0615 e. The second-order valence-electron chi connectivity index (χ2n) is 6.71. The van der Waals surface area contributed by atoms with Crippen molar-refractivity contribution >= 4 is 5.69 Å². The molecule has 0 aliphatic heterocycles. The first-order valence-corrected chi connectivity index (χ1v) is 8.10. The number of rotatable bonds is 6. The minimum atomic E-state index is -0.0522. The van der Waals surface area contributed by atoms with Gasteiger partial charge < -0.3 is 15.3 Å². The van der Waals surface area contributed by atoms with Crippen molar-refractivity contribution < 1.29 is 5.11 Å². The molecule has 2 N–H and O–H groups in total. The van der Waals surface area contributed by atoms with Gasteiger partial charge in [0.1, 0.15) is 0 Å². The van der Waals surface area contributed by atoms with Gasteiger partial charge in [-0.2, -0.15) is 0 Å². The summed E-state index contributed by atoms with van der Waals surface area (Å²) >= 11 is 0. The van der Waals surface area contributed by atoms with Gasteiger partial charge in [0, 0.05) is 24.8 Å². The maximum atomic E-state index is 9.77. The fourth-order valence-corrected chi connectivity index (χ4v) is 3.83. The molecule has 3 nitrogen and oxygen atoms in total. The molecule has 0 heterocycles. The highest BCUT2D eigenvalue weighted by Gasteiger charge is 2.40. The molecule has 1 aliphatic carbocycles. The Morgan fingerprint density at radius 1 is 1.29 bits per heavy atom. The van der Waals surface area contributed by atoms with E-state index in [4.69, 9.17) is 0 Å². The molecule has 2 unspecified atom stereocenters. The molecule has 1 saturated carbocycles. The average molecular weight is 290 g/mol. The molecule has 0 amide bonds. The molecule has 21 heavy (non-hydrogen) atoms. The van der Waals surface area contributed by atoms with E-state index >= 15 is 0 Å². The van der Waals surface area contributed by atoms with Crippen LogP contribution in [0.1, 0.15) is 36.8 Å². The molecule has 0 spiro atoms. The summed E-state index contributed by atoms with van der Waals surface area (Å²) in [6, 6.07) is 6.71. The van der Waals surface area contributed by atoms with Crippen LogP contribution in [0, 0.1) is 19.8 Å². The zero-order chi connectivity index (χ0) is 15.5. The molecule has 0 saturated heterocycles. The fraction of sp³-hybridized carbons (Fsp3) is 0.667. The third-order valence-electron chi connectivity index (χ3n) is 5.20. The molecule has 1 aromatic rings. The smallest absolute Gasteiger partial charge is 0.0615 e. The van der Waals surface area contributed by atoms with Crippen LogP contribution in [0.5, 0.6) is 0 Å². The number of aryl methyl sites for hydroxylation is 2. The molecule has 2 atom stereocenters. The number of hydrogen-bond donors (Lipinski definition) is 2. The minimum absolute atomic E-state index is 0.0522. The fourth-order valence-electron chi connectivity index (χ4n) is 3.83. The minimum Gasteiger partial charge on any atom is -0.394 e. The lowest BCUT2D eigenvalue weighted by molar-refractivity contribution is 0.128. The molecule has 1 aliphatic rings. The highest BCUT2D eigenvalue weighted by molar-refractivity contribution is 5.50. The molecule has 0 radical (unpaired) electrons. The number of anilines is 1. The Hall–Kier alpha value is -1.06. The van der Waals surface area contributed by atoms with Crippen LogP contribution in [-0.4, -0.2) is 37.9 Å². The normalized spacial score (nSPS) is 25.3. The second kappa shape index (κ2) is 6.80. The van der Waals surface area contributed by atoms with Gasteiger partial charge in [-0.25, -0.2) is 0 Å². The molecule has 1 fully saturated rings. The first-order valence-electron chi connectivity index (χ1n) is 8.10. The monoisotopic (exact) mass is 290 g/mol. The summed E-state index contributed by atoms with van der Waals surface area (Å²) in [5.41, 5.74) is 3.88. The molecule has 3 heteroatoms. The lowest BCUT2D eigenvalue weighted by Gasteiger charge is -2.35. The van der Waals surface area contributed by atoms with Crippen molar-refractivity contribution in [3.05, 3.63) is 29.3 Å². The van der Waals surface area contributed by atoms with Gasteiger partial charge in [-0.1, -0.05) is 12.5 Å². The van der Waals surface area contributed by atoms with Crippen LogP contribution in [0.25, 0.3) is 0 Å². The SMILES string of the molecule is CNC1(CO)CCCC1CCN(C)c1cc(C)cc(C)c1. The quantitative estimate of drug-likeness (QED) is 0.845. The van der Waals surface area contributed by atoms with Crippen LogP contribution >= 0.6 is 0 Å². The Labute approximate surface area is 129 Å². The molecule has 2 rings (SSSR count). The van der Waals surface area contributed by atoms with Crippen molar-refractivity contribution in [2.75, 3.05) is 32.1 Å².